The van der Waals surface area contributed by atoms with Crippen LogP contribution in [0.15, 0.2) is 66.7 Å². The van der Waals surface area contributed by atoms with E-state index < -0.39 is 0 Å². The number of hydrogen-bond acceptors (Lipinski definition) is 3. The minimum atomic E-state index is 0.314. The van der Waals surface area contributed by atoms with Crippen LogP contribution >= 0.6 is 0 Å². The summed E-state index contributed by atoms with van der Waals surface area (Å²) in [6.07, 6.45) is 0. The molecule has 0 atom stereocenters. The second-order valence-electron chi connectivity index (χ2n) is 5.76. The Morgan fingerprint density at radius 3 is 2.13 bits per heavy atom. The van der Waals surface area contributed by atoms with E-state index in [0.29, 0.717) is 11.7 Å². The van der Waals surface area contributed by atoms with Crippen molar-refractivity contribution in [2.75, 3.05) is 5.73 Å². The van der Waals surface area contributed by atoms with Gasteiger partial charge in [-0.05, 0) is 47.9 Å². The molecule has 0 unspecified atom stereocenters. The first-order valence-corrected chi connectivity index (χ1v) is 7.73. The van der Waals surface area contributed by atoms with Crippen LogP contribution in [0.1, 0.15) is 25.5 Å². The number of nitrogens with two attached hydrogens (primary N) is 1. The van der Waals surface area contributed by atoms with Crippen LogP contribution in [0.4, 0.5) is 5.82 Å². The topological polar surface area (TPSA) is 48.1 Å². The number of nitrogens with zero attached hydrogens (tertiary/aromatic N) is 1. The fraction of sp³-hybridized carbons (Fsp3) is 0.150. The van der Waals surface area contributed by atoms with Gasteiger partial charge in [0.2, 0.25) is 0 Å². The van der Waals surface area contributed by atoms with Gasteiger partial charge in [-0.1, -0.05) is 44.2 Å². The normalized spacial score (nSPS) is 10.7. The molecule has 2 aromatic carbocycles. The zero-order valence-electron chi connectivity index (χ0n) is 13.4. The van der Waals surface area contributed by atoms with E-state index in [1.54, 1.807) is 0 Å². The maximum atomic E-state index is 5.83. The van der Waals surface area contributed by atoms with Gasteiger partial charge in [-0.15, -0.1) is 0 Å². The SMILES string of the molecule is CC(C)c1nc(N)ccc1-c1ccc(Oc2ccccc2)cc1. The van der Waals surface area contributed by atoms with Crippen molar-refractivity contribution in [2.45, 2.75) is 19.8 Å². The van der Waals surface area contributed by atoms with E-state index in [-0.39, 0.29) is 0 Å². The first kappa shape index (κ1) is 15.1. The zero-order chi connectivity index (χ0) is 16.2. The largest absolute Gasteiger partial charge is 0.457 e. The van der Waals surface area contributed by atoms with Crippen molar-refractivity contribution in [3.8, 4) is 22.6 Å². The van der Waals surface area contributed by atoms with Gasteiger partial charge in [0.25, 0.3) is 0 Å². The van der Waals surface area contributed by atoms with E-state index in [4.69, 9.17) is 10.5 Å². The van der Waals surface area contributed by atoms with Crippen LogP contribution in [-0.2, 0) is 0 Å². The molecule has 0 fully saturated rings. The maximum Gasteiger partial charge on any atom is 0.127 e. The van der Waals surface area contributed by atoms with Gasteiger partial charge in [0.05, 0.1) is 5.69 Å². The van der Waals surface area contributed by atoms with Gasteiger partial charge in [-0.2, -0.15) is 0 Å². The highest BCUT2D eigenvalue weighted by atomic mass is 16.5. The molecule has 0 amide bonds. The molecule has 2 N–H and O–H groups in total. The monoisotopic (exact) mass is 304 g/mol. The summed E-state index contributed by atoms with van der Waals surface area (Å²) in [5.74, 6) is 2.52. The van der Waals surface area contributed by atoms with Crippen molar-refractivity contribution in [1.82, 2.24) is 4.98 Å². The number of ether oxygens (including phenoxy) is 1. The van der Waals surface area contributed by atoms with Crippen molar-refractivity contribution >= 4 is 5.82 Å². The van der Waals surface area contributed by atoms with Crippen LogP contribution in [0.2, 0.25) is 0 Å². The molecule has 0 spiro atoms. The summed E-state index contributed by atoms with van der Waals surface area (Å²) in [6.45, 7) is 4.25. The van der Waals surface area contributed by atoms with Crippen molar-refractivity contribution in [3.63, 3.8) is 0 Å². The van der Waals surface area contributed by atoms with Crippen molar-refractivity contribution in [1.29, 1.82) is 0 Å². The Morgan fingerprint density at radius 1 is 0.826 bits per heavy atom. The lowest BCUT2D eigenvalue weighted by molar-refractivity contribution is 0.483. The summed E-state index contributed by atoms with van der Waals surface area (Å²) in [4.78, 5) is 4.49. The number of para-hydroxylation sites is 1. The maximum absolute atomic E-state index is 5.83. The third-order valence-corrected chi connectivity index (χ3v) is 3.64. The van der Waals surface area contributed by atoms with Crippen LogP contribution in [0.25, 0.3) is 11.1 Å². The number of aromatic nitrogens is 1. The van der Waals surface area contributed by atoms with Gasteiger partial charge >= 0.3 is 0 Å². The molecule has 116 valence electrons. The highest BCUT2D eigenvalue weighted by molar-refractivity contribution is 5.68. The lowest BCUT2D eigenvalue weighted by Crippen LogP contribution is -2.00. The van der Waals surface area contributed by atoms with Crippen molar-refractivity contribution < 1.29 is 4.74 Å². The van der Waals surface area contributed by atoms with Gasteiger partial charge in [-0.3, -0.25) is 0 Å². The summed E-state index contributed by atoms with van der Waals surface area (Å²) in [5.41, 5.74) is 9.06. The molecule has 0 saturated carbocycles. The Morgan fingerprint density at radius 2 is 1.48 bits per heavy atom. The number of rotatable bonds is 4. The van der Waals surface area contributed by atoms with Crippen LogP contribution in [0.3, 0.4) is 0 Å². The van der Waals surface area contributed by atoms with E-state index in [1.165, 1.54) is 0 Å². The van der Waals surface area contributed by atoms with Gasteiger partial charge in [0.15, 0.2) is 0 Å². The van der Waals surface area contributed by atoms with Crippen LogP contribution < -0.4 is 10.5 Å². The molecule has 0 aliphatic carbocycles. The Labute approximate surface area is 136 Å². The molecule has 0 radical (unpaired) electrons. The third-order valence-electron chi connectivity index (χ3n) is 3.64. The molecule has 0 saturated heterocycles. The first-order valence-electron chi connectivity index (χ1n) is 7.73. The minimum Gasteiger partial charge on any atom is -0.457 e. The molecule has 0 aliphatic rings. The smallest absolute Gasteiger partial charge is 0.127 e. The Kier molecular flexibility index (Phi) is 4.29. The Bertz CT molecular complexity index is 780. The van der Waals surface area contributed by atoms with E-state index in [1.807, 2.05) is 54.6 Å². The molecule has 3 aromatic rings. The predicted molar refractivity (Wildman–Crippen MR) is 94.7 cm³/mol. The molecule has 1 heterocycles. The van der Waals surface area contributed by atoms with E-state index in [2.05, 4.69) is 31.0 Å². The highest BCUT2D eigenvalue weighted by Crippen LogP contribution is 2.30. The Balaban J connectivity index is 1.88. The standard InChI is InChI=1S/C20H20N2O/c1-14(2)20-18(12-13-19(21)22-20)15-8-10-17(11-9-15)23-16-6-4-3-5-7-16/h3-14H,1-2H3,(H2,21,22). The predicted octanol–water partition coefficient (Wildman–Crippen LogP) is 5.25. The number of hydrogen-bond donors (Lipinski definition) is 1. The molecule has 0 bridgehead atoms. The van der Waals surface area contributed by atoms with Gasteiger partial charge in [-0.25, -0.2) is 4.98 Å². The van der Waals surface area contributed by atoms with E-state index in [0.717, 1.165) is 28.3 Å². The van der Waals surface area contributed by atoms with Crippen LogP contribution in [0.5, 0.6) is 11.5 Å². The number of benzene rings is 2. The van der Waals surface area contributed by atoms with Crippen LogP contribution in [-0.4, -0.2) is 4.98 Å². The summed E-state index contributed by atoms with van der Waals surface area (Å²) < 4.78 is 5.83. The molecular weight excluding hydrogens is 284 g/mol. The minimum absolute atomic E-state index is 0.314. The quantitative estimate of drug-likeness (QED) is 0.716. The third kappa shape index (κ3) is 3.51. The van der Waals surface area contributed by atoms with Gasteiger partial charge in [0.1, 0.15) is 17.3 Å². The fourth-order valence-electron chi connectivity index (χ4n) is 2.50. The first-order chi connectivity index (χ1) is 11.1. The average Bonchev–Trinajstić information content (AvgIpc) is 2.56. The fourth-order valence-corrected chi connectivity index (χ4v) is 2.50. The summed E-state index contributed by atoms with van der Waals surface area (Å²) in [6, 6.07) is 21.7. The number of nitrogen functional groups attached to an aromatic ring is 1. The number of anilines is 1. The molecule has 0 aliphatic heterocycles. The van der Waals surface area contributed by atoms with Gasteiger partial charge < -0.3 is 10.5 Å². The average molecular weight is 304 g/mol. The molecule has 3 rings (SSSR count). The molecule has 23 heavy (non-hydrogen) atoms. The lowest BCUT2D eigenvalue weighted by atomic mass is 9.97. The second kappa shape index (κ2) is 6.53. The van der Waals surface area contributed by atoms with Crippen molar-refractivity contribution in [3.05, 3.63) is 72.4 Å². The summed E-state index contributed by atoms with van der Waals surface area (Å²) in [7, 11) is 0. The molecular formula is C20H20N2O. The summed E-state index contributed by atoms with van der Waals surface area (Å²) >= 11 is 0. The summed E-state index contributed by atoms with van der Waals surface area (Å²) in [5, 5.41) is 0. The number of pyridine rings is 1. The molecule has 1 aromatic heterocycles. The van der Waals surface area contributed by atoms with E-state index >= 15 is 0 Å². The molecule has 3 nitrogen and oxygen atoms in total. The zero-order valence-corrected chi connectivity index (χ0v) is 13.4. The van der Waals surface area contributed by atoms with Gasteiger partial charge in [0, 0.05) is 5.56 Å². The van der Waals surface area contributed by atoms with Crippen LogP contribution in [0, 0.1) is 0 Å². The van der Waals surface area contributed by atoms with Crippen molar-refractivity contribution in [2.24, 2.45) is 0 Å². The lowest BCUT2D eigenvalue weighted by Gasteiger charge is -2.13. The Hall–Kier alpha value is -2.81. The molecule has 3 heteroatoms. The van der Waals surface area contributed by atoms with E-state index in [9.17, 15) is 0 Å². The second-order valence-corrected chi connectivity index (χ2v) is 5.76. The highest BCUT2D eigenvalue weighted by Gasteiger charge is 2.11.